The van der Waals surface area contributed by atoms with Crippen LogP contribution in [-0.2, 0) is 0 Å². The van der Waals surface area contributed by atoms with Crippen LogP contribution in [0, 0.1) is 5.41 Å². The van der Waals surface area contributed by atoms with Gasteiger partial charge in [-0.05, 0) is 36.8 Å². The molecule has 2 nitrogen and oxygen atoms in total. The molecule has 1 aliphatic carbocycles. The molecule has 0 unspecified atom stereocenters. The van der Waals surface area contributed by atoms with E-state index in [1.54, 1.807) is 12.1 Å². The summed E-state index contributed by atoms with van der Waals surface area (Å²) in [5, 5.41) is 4.49. The van der Waals surface area contributed by atoms with Crippen LogP contribution in [0.5, 0.6) is 0 Å². The molecule has 0 spiro atoms. The predicted molar refractivity (Wildman–Crippen MR) is 73.9 cm³/mol. The first kappa shape index (κ1) is 12.9. The van der Waals surface area contributed by atoms with E-state index in [1.807, 2.05) is 12.1 Å². The van der Waals surface area contributed by atoms with Gasteiger partial charge in [0.25, 0.3) is 5.91 Å². The molecular weight excluding hydrogens is 302 g/mol. The zero-order valence-corrected chi connectivity index (χ0v) is 11.9. The Hall–Kier alpha value is -0.540. The van der Waals surface area contributed by atoms with Crippen molar-refractivity contribution in [2.45, 2.75) is 19.3 Å². The highest BCUT2D eigenvalue weighted by Gasteiger charge is 2.41. The smallest absolute Gasteiger partial charge is 0.252 e. The molecule has 2 rings (SSSR count). The lowest BCUT2D eigenvalue weighted by Crippen LogP contribution is -2.30. The number of benzene rings is 1. The van der Waals surface area contributed by atoms with Crippen molar-refractivity contribution < 1.29 is 4.79 Å². The van der Waals surface area contributed by atoms with Gasteiger partial charge in [0.1, 0.15) is 0 Å². The number of nitrogens with one attached hydrogen (secondary N) is 1. The fourth-order valence-electron chi connectivity index (χ4n) is 1.90. The van der Waals surface area contributed by atoms with E-state index >= 15 is 0 Å². The predicted octanol–water partition coefficient (Wildman–Crippen LogP) is 3.64. The Kier molecular flexibility index (Phi) is 4.10. The van der Waals surface area contributed by atoms with Crippen LogP contribution in [-0.4, -0.2) is 17.8 Å². The molecule has 1 aromatic carbocycles. The van der Waals surface area contributed by atoms with Gasteiger partial charge in [0.05, 0.1) is 10.6 Å². The second kappa shape index (κ2) is 5.40. The summed E-state index contributed by atoms with van der Waals surface area (Å²) in [5.74, 6) is -0.0727. The highest BCUT2D eigenvalue weighted by molar-refractivity contribution is 9.09. The highest BCUT2D eigenvalue weighted by Crippen LogP contribution is 2.48. The number of carbonyl (C=O) groups is 1. The number of rotatable bonds is 5. The van der Waals surface area contributed by atoms with E-state index in [1.165, 1.54) is 12.8 Å². The van der Waals surface area contributed by atoms with Crippen LogP contribution < -0.4 is 5.32 Å². The first-order valence-electron chi connectivity index (χ1n) is 5.76. The molecule has 1 aromatic rings. The Bertz CT molecular complexity index is 418. The second-order valence-electron chi connectivity index (χ2n) is 4.60. The van der Waals surface area contributed by atoms with E-state index in [9.17, 15) is 4.79 Å². The molecule has 92 valence electrons. The third-order valence-electron chi connectivity index (χ3n) is 3.32. The van der Waals surface area contributed by atoms with E-state index in [0.717, 1.165) is 18.3 Å². The SMILES string of the molecule is O=C(NCC1(CCBr)CC1)c1ccccc1Cl. The fraction of sp³-hybridized carbons (Fsp3) is 0.462. The Labute approximate surface area is 115 Å². The van der Waals surface area contributed by atoms with Gasteiger partial charge in [-0.25, -0.2) is 0 Å². The molecule has 0 bridgehead atoms. The van der Waals surface area contributed by atoms with Crippen LogP contribution in [0.25, 0.3) is 0 Å². The van der Waals surface area contributed by atoms with E-state index in [0.29, 0.717) is 16.0 Å². The standard InChI is InChI=1S/C13H15BrClNO/c14-8-7-13(5-6-13)9-16-12(17)10-3-1-2-4-11(10)15/h1-4H,5-9H2,(H,16,17). The summed E-state index contributed by atoms with van der Waals surface area (Å²) in [4.78, 5) is 11.9. The third-order valence-corrected chi connectivity index (χ3v) is 4.05. The summed E-state index contributed by atoms with van der Waals surface area (Å²) in [6.45, 7) is 0.753. The Morgan fingerprint density at radius 3 is 2.71 bits per heavy atom. The number of hydrogen-bond acceptors (Lipinski definition) is 1. The molecular formula is C13H15BrClNO. The van der Waals surface area contributed by atoms with Gasteiger partial charge in [-0.1, -0.05) is 39.7 Å². The van der Waals surface area contributed by atoms with Gasteiger partial charge in [0, 0.05) is 11.9 Å². The van der Waals surface area contributed by atoms with Crippen molar-refractivity contribution in [1.29, 1.82) is 0 Å². The number of carbonyl (C=O) groups excluding carboxylic acids is 1. The lowest BCUT2D eigenvalue weighted by molar-refractivity contribution is 0.0944. The highest BCUT2D eigenvalue weighted by atomic mass is 79.9. The Morgan fingerprint density at radius 2 is 2.12 bits per heavy atom. The van der Waals surface area contributed by atoms with E-state index in [-0.39, 0.29) is 5.91 Å². The van der Waals surface area contributed by atoms with Crippen molar-refractivity contribution in [2.75, 3.05) is 11.9 Å². The molecule has 17 heavy (non-hydrogen) atoms. The van der Waals surface area contributed by atoms with Gasteiger partial charge >= 0.3 is 0 Å². The monoisotopic (exact) mass is 315 g/mol. The normalized spacial score (nSPS) is 16.6. The van der Waals surface area contributed by atoms with Crippen molar-refractivity contribution in [3.05, 3.63) is 34.9 Å². The van der Waals surface area contributed by atoms with Crippen molar-refractivity contribution in [1.82, 2.24) is 5.32 Å². The van der Waals surface area contributed by atoms with Crippen LogP contribution in [0.3, 0.4) is 0 Å². The van der Waals surface area contributed by atoms with E-state index in [2.05, 4.69) is 21.2 Å². The lowest BCUT2D eigenvalue weighted by atomic mass is 10.0. The Balaban J connectivity index is 1.92. The van der Waals surface area contributed by atoms with Gasteiger partial charge in [0.15, 0.2) is 0 Å². The Morgan fingerprint density at radius 1 is 1.41 bits per heavy atom. The minimum atomic E-state index is -0.0727. The minimum absolute atomic E-state index is 0.0727. The van der Waals surface area contributed by atoms with Gasteiger partial charge in [-0.2, -0.15) is 0 Å². The zero-order chi connectivity index (χ0) is 12.3. The fourth-order valence-corrected chi connectivity index (χ4v) is 2.96. The molecule has 1 fully saturated rings. The average Bonchev–Trinajstić information content (AvgIpc) is 3.08. The summed E-state index contributed by atoms with van der Waals surface area (Å²) in [6, 6.07) is 7.14. The molecule has 0 aromatic heterocycles. The van der Waals surface area contributed by atoms with E-state index in [4.69, 9.17) is 11.6 Å². The minimum Gasteiger partial charge on any atom is -0.351 e. The van der Waals surface area contributed by atoms with E-state index < -0.39 is 0 Å². The second-order valence-corrected chi connectivity index (χ2v) is 5.80. The van der Waals surface area contributed by atoms with Gasteiger partial charge in [0.2, 0.25) is 0 Å². The molecule has 1 amide bonds. The first-order valence-corrected chi connectivity index (χ1v) is 7.25. The van der Waals surface area contributed by atoms with Crippen LogP contribution in [0.2, 0.25) is 5.02 Å². The summed E-state index contributed by atoms with van der Waals surface area (Å²) in [7, 11) is 0. The van der Waals surface area contributed by atoms with Crippen molar-refractivity contribution in [3.8, 4) is 0 Å². The van der Waals surface area contributed by atoms with Gasteiger partial charge < -0.3 is 5.32 Å². The number of halogens is 2. The van der Waals surface area contributed by atoms with Gasteiger partial charge in [-0.3, -0.25) is 4.79 Å². The number of alkyl halides is 1. The maximum absolute atomic E-state index is 11.9. The quantitative estimate of drug-likeness (QED) is 0.826. The third kappa shape index (κ3) is 3.23. The zero-order valence-electron chi connectivity index (χ0n) is 9.51. The molecule has 0 radical (unpaired) electrons. The molecule has 4 heteroatoms. The summed E-state index contributed by atoms with van der Waals surface area (Å²) >= 11 is 9.43. The number of hydrogen-bond donors (Lipinski definition) is 1. The molecule has 0 aliphatic heterocycles. The van der Waals surface area contributed by atoms with Crippen LogP contribution in [0.15, 0.2) is 24.3 Å². The van der Waals surface area contributed by atoms with Gasteiger partial charge in [-0.15, -0.1) is 0 Å². The van der Waals surface area contributed by atoms with Crippen LogP contribution >= 0.6 is 27.5 Å². The van der Waals surface area contributed by atoms with Crippen molar-refractivity contribution in [3.63, 3.8) is 0 Å². The number of amides is 1. The lowest BCUT2D eigenvalue weighted by Gasteiger charge is -2.14. The van der Waals surface area contributed by atoms with Crippen molar-refractivity contribution >= 4 is 33.4 Å². The summed E-state index contributed by atoms with van der Waals surface area (Å²) < 4.78 is 0. The summed E-state index contributed by atoms with van der Waals surface area (Å²) in [6.07, 6.45) is 3.54. The molecule has 1 aliphatic rings. The molecule has 0 saturated heterocycles. The maximum Gasteiger partial charge on any atom is 0.252 e. The van der Waals surface area contributed by atoms with Crippen molar-refractivity contribution in [2.24, 2.45) is 5.41 Å². The topological polar surface area (TPSA) is 29.1 Å². The molecule has 0 heterocycles. The van der Waals surface area contributed by atoms with Crippen LogP contribution in [0.4, 0.5) is 0 Å². The average molecular weight is 317 g/mol. The van der Waals surface area contributed by atoms with Crippen LogP contribution in [0.1, 0.15) is 29.6 Å². The maximum atomic E-state index is 11.9. The molecule has 1 N–H and O–H groups in total. The molecule has 1 saturated carbocycles. The largest absolute Gasteiger partial charge is 0.351 e. The molecule has 0 atom stereocenters. The summed E-state index contributed by atoms with van der Waals surface area (Å²) in [5.41, 5.74) is 0.893. The first-order chi connectivity index (χ1) is 8.17.